The Bertz CT molecular complexity index is 445. The Hall–Kier alpha value is -1.55. The first-order valence-corrected chi connectivity index (χ1v) is 5.40. The van der Waals surface area contributed by atoms with Crippen LogP contribution in [0.15, 0.2) is 23.3 Å². The van der Waals surface area contributed by atoms with Gasteiger partial charge in [-0.2, -0.15) is 5.10 Å². The minimum Gasteiger partial charge on any atom is -0.315 e. The lowest BCUT2D eigenvalue weighted by Gasteiger charge is -2.13. The van der Waals surface area contributed by atoms with Gasteiger partial charge in [0.2, 0.25) is 6.41 Å². The number of amides is 1. The van der Waals surface area contributed by atoms with Crippen molar-refractivity contribution >= 4 is 29.5 Å². The normalized spacial score (nSPS) is 14.9. The third-order valence-electron chi connectivity index (χ3n) is 2.48. The average molecular weight is 238 g/mol. The van der Waals surface area contributed by atoms with E-state index < -0.39 is 0 Å². The lowest BCUT2D eigenvalue weighted by Crippen LogP contribution is -2.18. The predicted molar refractivity (Wildman–Crippen MR) is 64.8 cm³/mol. The molecular formula is C11H12ClN3O. The van der Waals surface area contributed by atoms with Gasteiger partial charge in [-0.05, 0) is 24.6 Å². The predicted octanol–water partition coefficient (Wildman–Crippen LogP) is 1.92. The summed E-state index contributed by atoms with van der Waals surface area (Å²) in [6, 6.07) is 5.80. The summed E-state index contributed by atoms with van der Waals surface area (Å²) in [5.74, 6) is 0.687. The number of carbonyl (C=O) groups excluding carboxylic acids is 1. The number of halogens is 1. The van der Waals surface area contributed by atoms with E-state index in [4.69, 9.17) is 11.6 Å². The molecular weight excluding hydrogens is 226 g/mol. The van der Waals surface area contributed by atoms with E-state index in [0.717, 1.165) is 29.2 Å². The van der Waals surface area contributed by atoms with Crippen LogP contribution in [0.4, 0.5) is 5.69 Å². The van der Waals surface area contributed by atoms with Crippen molar-refractivity contribution in [2.75, 3.05) is 11.6 Å². The molecule has 1 aromatic rings. The zero-order valence-corrected chi connectivity index (χ0v) is 9.66. The van der Waals surface area contributed by atoms with E-state index in [1.165, 1.54) is 0 Å². The van der Waals surface area contributed by atoms with Crippen molar-refractivity contribution in [3.8, 4) is 0 Å². The number of benzene rings is 1. The Morgan fingerprint density at radius 3 is 3.06 bits per heavy atom. The van der Waals surface area contributed by atoms with Gasteiger partial charge in [0.25, 0.3) is 0 Å². The Morgan fingerprint density at radius 1 is 1.56 bits per heavy atom. The molecule has 0 bridgehead atoms. The van der Waals surface area contributed by atoms with E-state index in [9.17, 15) is 4.79 Å². The first-order chi connectivity index (χ1) is 7.70. The third-order valence-corrected chi connectivity index (χ3v) is 2.89. The standard InChI is InChI=1S/C11H12ClN3O/c1-8-2-3-9(6-10(8)12)15-5-4-11(14-15)13-7-16/h2-3,6-7H,4-5H2,1H3,(H,13,14,16). The summed E-state index contributed by atoms with van der Waals surface area (Å²) < 4.78 is 0. The van der Waals surface area contributed by atoms with E-state index >= 15 is 0 Å². The van der Waals surface area contributed by atoms with Crippen LogP contribution < -0.4 is 10.3 Å². The molecule has 1 amide bonds. The number of carbonyl (C=O) groups is 1. The highest BCUT2D eigenvalue weighted by Gasteiger charge is 2.15. The highest BCUT2D eigenvalue weighted by Crippen LogP contribution is 2.25. The molecule has 0 saturated heterocycles. The van der Waals surface area contributed by atoms with Gasteiger partial charge in [-0.1, -0.05) is 17.7 Å². The zero-order valence-electron chi connectivity index (χ0n) is 8.90. The molecule has 2 rings (SSSR count). The van der Waals surface area contributed by atoms with Crippen LogP contribution in [0.25, 0.3) is 0 Å². The van der Waals surface area contributed by atoms with Crippen LogP contribution in [0.1, 0.15) is 12.0 Å². The van der Waals surface area contributed by atoms with Gasteiger partial charge in [0.05, 0.1) is 5.69 Å². The molecule has 1 N–H and O–H groups in total. The summed E-state index contributed by atoms with van der Waals surface area (Å²) >= 11 is 6.04. The molecule has 1 aromatic carbocycles. The third kappa shape index (κ3) is 2.17. The number of nitrogens with zero attached hydrogens (tertiary/aromatic N) is 2. The van der Waals surface area contributed by atoms with Crippen LogP contribution in [0.3, 0.4) is 0 Å². The fourth-order valence-corrected chi connectivity index (χ4v) is 1.73. The number of rotatable bonds is 2. The highest BCUT2D eigenvalue weighted by molar-refractivity contribution is 6.31. The maximum absolute atomic E-state index is 10.3. The lowest BCUT2D eigenvalue weighted by atomic mass is 10.2. The Kier molecular flexibility index (Phi) is 3.10. The van der Waals surface area contributed by atoms with E-state index in [2.05, 4.69) is 10.4 Å². The zero-order chi connectivity index (χ0) is 11.5. The molecule has 1 aliphatic rings. The summed E-state index contributed by atoms with van der Waals surface area (Å²) in [5, 5.41) is 9.39. The highest BCUT2D eigenvalue weighted by atomic mass is 35.5. The van der Waals surface area contributed by atoms with Crippen LogP contribution >= 0.6 is 11.6 Å². The topological polar surface area (TPSA) is 44.7 Å². The van der Waals surface area contributed by atoms with Crippen molar-refractivity contribution in [3.05, 3.63) is 28.8 Å². The molecule has 0 radical (unpaired) electrons. The van der Waals surface area contributed by atoms with E-state index in [0.29, 0.717) is 12.2 Å². The molecule has 0 atom stereocenters. The molecule has 1 aliphatic heterocycles. The van der Waals surface area contributed by atoms with Gasteiger partial charge >= 0.3 is 0 Å². The maximum atomic E-state index is 10.3. The van der Waals surface area contributed by atoms with Crippen LogP contribution in [-0.2, 0) is 4.79 Å². The molecule has 16 heavy (non-hydrogen) atoms. The van der Waals surface area contributed by atoms with Gasteiger partial charge in [0, 0.05) is 18.0 Å². The number of hydrogen-bond donors (Lipinski definition) is 1. The SMILES string of the molecule is Cc1ccc(N2CCC(NC=O)=N2)cc1Cl. The van der Waals surface area contributed by atoms with Crippen molar-refractivity contribution in [1.29, 1.82) is 0 Å². The molecule has 5 heteroatoms. The van der Waals surface area contributed by atoms with E-state index in [1.54, 1.807) is 0 Å². The average Bonchev–Trinajstić information content (AvgIpc) is 2.71. The monoisotopic (exact) mass is 237 g/mol. The Labute approximate surface area is 98.9 Å². The fourth-order valence-electron chi connectivity index (χ4n) is 1.56. The smallest absolute Gasteiger partial charge is 0.212 e. The van der Waals surface area contributed by atoms with Gasteiger partial charge in [-0.25, -0.2) is 0 Å². The molecule has 0 spiro atoms. The Balaban J connectivity index is 2.19. The number of aryl methyl sites for hydroxylation is 1. The van der Waals surface area contributed by atoms with Crippen LogP contribution in [0.5, 0.6) is 0 Å². The summed E-state index contributed by atoms with van der Waals surface area (Å²) in [5.41, 5.74) is 1.98. The minimum atomic E-state index is 0.643. The van der Waals surface area contributed by atoms with Gasteiger partial charge in [0.1, 0.15) is 5.84 Å². The number of nitrogens with one attached hydrogen (secondary N) is 1. The quantitative estimate of drug-likeness (QED) is 0.799. The number of hydrogen-bond acceptors (Lipinski definition) is 3. The second-order valence-electron chi connectivity index (χ2n) is 3.62. The second kappa shape index (κ2) is 4.53. The number of amidine groups is 1. The van der Waals surface area contributed by atoms with Crippen LogP contribution in [0.2, 0.25) is 5.02 Å². The van der Waals surface area contributed by atoms with Crippen molar-refractivity contribution in [3.63, 3.8) is 0 Å². The molecule has 1 heterocycles. The second-order valence-corrected chi connectivity index (χ2v) is 4.02. The van der Waals surface area contributed by atoms with E-state index in [1.807, 2.05) is 30.1 Å². The summed E-state index contributed by atoms with van der Waals surface area (Å²) in [6.07, 6.45) is 1.38. The summed E-state index contributed by atoms with van der Waals surface area (Å²) in [4.78, 5) is 10.3. The Morgan fingerprint density at radius 2 is 2.38 bits per heavy atom. The summed E-state index contributed by atoms with van der Waals surface area (Å²) in [7, 11) is 0. The van der Waals surface area contributed by atoms with Gasteiger partial charge in [0.15, 0.2) is 0 Å². The molecule has 0 aliphatic carbocycles. The van der Waals surface area contributed by atoms with Gasteiger partial charge in [-0.15, -0.1) is 0 Å². The van der Waals surface area contributed by atoms with E-state index in [-0.39, 0.29) is 0 Å². The molecule has 0 unspecified atom stereocenters. The van der Waals surface area contributed by atoms with Gasteiger partial charge < -0.3 is 5.32 Å². The number of anilines is 1. The largest absolute Gasteiger partial charge is 0.315 e. The molecule has 4 nitrogen and oxygen atoms in total. The first-order valence-electron chi connectivity index (χ1n) is 5.02. The van der Waals surface area contributed by atoms with Crippen LogP contribution in [-0.4, -0.2) is 18.8 Å². The molecule has 84 valence electrons. The molecule has 0 fully saturated rings. The number of hydrazone groups is 1. The molecule has 0 saturated carbocycles. The van der Waals surface area contributed by atoms with Crippen molar-refractivity contribution in [1.82, 2.24) is 5.32 Å². The van der Waals surface area contributed by atoms with Gasteiger partial charge in [-0.3, -0.25) is 9.80 Å². The maximum Gasteiger partial charge on any atom is 0.212 e. The molecule has 0 aromatic heterocycles. The first kappa shape index (κ1) is 11.0. The van der Waals surface area contributed by atoms with Crippen LogP contribution in [0, 0.1) is 6.92 Å². The van der Waals surface area contributed by atoms with Crippen molar-refractivity contribution < 1.29 is 4.79 Å². The van der Waals surface area contributed by atoms with Crippen molar-refractivity contribution in [2.45, 2.75) is 13.3 Å². The van der Waals surface area contributed by atoms with Crippen molar-refractivity contribution in [2.24, 2.45) is 5.10 Å². The lowest BCUT2D eigenvalue weighted by molar-refractivity contribution is -0.108. The minimum absolute atomic E-state index is 0.643. The summed E-state index contributed by atoms with van der Waals surface area (Å²) in [6.45, 7) is 2.72. The fraction of sp³-hybridized carbons (Fsp3) is 0.273.